The molecule has 0 aromatic heterocycles. The van der Waals surface area contributed by atoms with Crippen molar-refractivity contribution in [2.45, 2.75) is 91.1 Å². The highest BCUT2D eigenvalue weighted by Gasteiger charge is 2.07. The highest BCUT2D eigenvalue weighted by atomic mass is 16.3. The first-order valence-electron chi connectivity index (χ1n) is 7.36. The molecule has 0 spiro atoms. The molecule has 0 fully saturated rings. The average Bonchev–Trinajstić information content (AvgIpc) is 2.26. The molecule has 0 saturated carbocycles. The molecule has 0 aromatic carbocycles. The van der Waals surface area contributed by atoms with Crippen LogP contribution in [0.5, 0.6) is 0 Å². The normalized spacial score (nSPS) is 13.3. The molecule has 1 N–H and O–H groups in total. The van der Waals surface area contributed by atoms with Crippen LogP contribution >= 0.6 is 0 Å². The fraction of sp³-hybridized carbons (Fsp3) is 1.00. The summed E-state index contributed by atoms with van der Waals surface area (Å²) >= 11 is 0. The van der Waals surface area contributed by atoms with E-state index >= 15 is 0 Å². The third-order valence-electron chi connectivity index (χ3n) is 3.37. The van der Waals surface area contributed by atoms with Gasteiger partial charge in [-0.25, -0.2) is 0 Å². The van der Waals surface area contributed by atoms with Gasteiger partial charge in [0.05, 0.1) is 6.10 Å². The molecule has 0 aromatic rings. The summed E-state index contributed by atoms with van der Waals surface area (Å²) in [7, 11) is 0. The van der Waals surface area contributed by atoms with Crippen molar-refractivity contribution >= 4 is 0 Å². The Balaban J connectivity index is 3.04. The first-order chi connectivity index (χ1) is 7.68. The van der Waals surface area contributed by atoms with Crippen LogP contribution in [-0.2, 0) is 0 Å². The molecule has 1 nitrogen and oxygen atoms in total. The molecule has 0 bridgehead atoms. The Hall–Kier alpha value is -0.0400. The number of aliphatic hydroxyl groups is 1. The van der Waals surface area contributed by atoms with E-state index in [0.717, 1.165) is 6.42 Å². The molecule has 1 atom stereocenters. The third kappa shape index (κ3) is 10.5. The standard InChI is InChI=1S/C15H32O/c1-4-5-6-7-8-9-10-11-12-13-15(16)14(2)3/h14-16H,4-13H2,1-3H3. The number of hydrogen-bond acceptors (Lipinski definition) is 1. The minimum Gasteiger partial charge on any atom is -0.393 e. The van der Waals surface area contributed by atoms with Crippen LogP contribution in [0.2, 0.25) is 0 Å². The number of unbranched alkanes of at least 4 members (excludes halogenated alkanes) is 8. The lowest BCUT2D eigenvalue weighted by atomic mass is 10.00. The van der Waals surface area contributed by atoms with Crippen LogP contribution in [-0.4, -0.2) is 11.2 Å². The molecule has 98 valence electrons. The molecule has 1 unspecified atom stereocenters. The topological polar surface area (TPSA) is 20.2 Å². The first kappa shape index (κ1) is 16.0. The Bertz CT molecular complexity index is 131. The Kier molecular flexibility index (Phi) is 11.4. The van der Waals surface area contributed by atoms with Crippen molar-refractivity contribution < 1.29 is 5.11 Å². The second kappa shape index (κ2) is 11.4. The minimum atomic E-state index is -0.0791. The van der Waals surface area contributed by atoms with E-state index in [1.165, 1.54) is 57.8 Å². The van der Waals surface area contributed by atoms with Crippen molar-refractivity contribution in [2.75, 3.05) is 0 Å². The summed E-state index contributed by atoms with van der Waals surface area (Å²) in [6, 6.07) is 0. The predicted molar refractivity (Wildman–Crippen MR) is 72.7 cm³/mol. The lowest BCUT2D eigenvalue weighted by Gasteiger charge is -2.13. The fourth-order valence-electron chi connectivity index (χ4n) is 2.00. The van der Waals surface area contributed by atoms with Crippen LogP contribution < -0.4 is 0 Å². The molecule has 0 aliphatic rings. The monoisotopic (exact) mass is 228 g/mol. The zero-order valence-corrected chi connectivity index (χ0v) is 11.7. The van der Waals surface area contributed by atoms with Gasteiger partial charge in [0.2, 0.25) is 0 Å². The molecule has 16 heavy (non-hydrogen) atoms. The van der Waals surface area contributed by atoms with Crippen molar-refractivity contribution in [3.63, 3.8) is 0 Å². The molecule has 1 heteroatoms. The van der Waals surface area contributed by atoms with Crippen molar-refractivity contribution in [3.8, 4) is 0 Å². The van der Waals surface area contributed by atoms with E-state index in [-0.39, 0.29) is 6.10 Å². The lowest BCUT2D eigenvalue weighted by molar-refractivity contribution is 0.113. The number of aliphatic hydroxyl groups excluding tert-OH is 1. The fourth-order valence-corrected chi connectivity index (χ4v) is 2.00. The molecule has 0 aliphatic carbocycles. The Morgan fingerprint density at radius 2 is 1.19 bits per heavy atom. The Morgan fingerprint density at radius 3 is 1.62 bits per heavy atom. The molecule has 0 amide bonds. The maximum Gasteiger partial charge on any atom is 0.0563 e. The van der Waals surface area contributed by atoms with E-state index in [4.69, 9.17) is 0 Å². The van der Waals surface area contributed by atoms with Gasteiger partial charge in [-0.05, 0) is 12.3 Å². The van der Waals surface area contributed by atoms with Crippen LogP contribution in [0.1, 0.15) is 85.0 Å². The highest BCUT2D eigenvalue weighted by Crippen LogP contribution is 2.13. The van der Waals surface area contributed by atoms with Crippen molar-refractivity contribution in [2.24, 2.45) is 5.92 Å². The SMILES string of the molecule is CCCCCCCCCCCC(O)C(C)C. The molecular formula is C15H32O. The van der Waals surface area contributed by atoms with Crippen LogP contribution in [0.4, 0.5) is 0 Å². The van der Waals surface area contributed by atoms with E-state index in [0.29, 0.717) is 5.92 Å². The Morgan fingerprint density at radius 1 is 0.750 bits per heavy atom. The first-order valence-corrected chi connectivity index (χ1v) is 7.36. The van der Waals surface area contributed by atoms with Crippen LogP contribution in [0.3, 0.4) is 0 Å². The van der Waals surface area contributed by atoms with Gasteiger partial charge in [0.15, 0.2) is 0 Å². The maximum atomic E-state index is 9.63. The second-order valence-corrected chi connectivity index (χ2v) is 5.43. The van der Waals surface area contributed by atoms with Gasteiger partial charge in [-0.2, -0.15) is 0 Å². The van der Waals surface area contributed by atoms with Crippen LogP contribution in [0.15, 0.2) is 0 Å². The second-order valence-electron chi connectivity index (χ2n) is 5.43. The molecule has 0 rings (SSSR count). The highest BCUT2D eigenvalue weighted by molar-refractivity contribution is 4.59. The van der Waals surface area contributed by atoms with Gasteiger partial charge in [0.1, 0.15) is 0 Å². The number of rotatable bonds is 11. The van der Waals surface area contributed by atoms with Crippen LogP contribution in [0, 0.1) is 5.92 Å². The van der Waals surface area contributed by atoms with E-state index in [1.54, 1.807) is 0 Å². The third-order valence-corrected chi connectivity index (χ3v) is 3.37. The molecule has 0 saturated heterocycles. The lowest BCUT2D eigenvalue weighted by Crippen LogP contribution is -2.13. The summed E-state index contributed by atoms with van der Waals surface area (Å²) in [4.78, 5) is 0. The smallest absolute Gasteiger partial charge is 0.0563 e. The summed E-state index contributed by atoms with van der Waals surface area (Å²) in [6.45, 7) is 6.46. The van der Waals surface area contributed by atoms with E-state index in [9.17, 15) is 5.11 Å². The predicted octanol–water partition coefficient (Wildman–Crippen LogP) is 4.92. The summed E-state index contributed by atoms with van der Waals surface area (Å²) in [5, 5.41) is 9.63. The van der Waals surface area contributed by atoms with Gasteiger partial charge in [-0.3, -0.25) is 0 Å². The van der Waals surface area contributed by atoms with Gasteiger partial charge < -0.3 is 5.11 Å². The largest absolute Gasteiger partial charge is 0.393 e. The zero-order valence-electron chi connectivity index (χ0n) is 11.7. The zero-order chi connectivity index (χ0) is 12.2. The molecule has 0 aliphatic heterocycles. The maximum absolute atomic E-state index is 9.63. The van der Waals surface area contributed by atoms with Gasteiger partial charge in [-0.15, -0.1) is 0 Å². The van der Waals surface area contributed by atoms with E-state index in [2.05, 4.69) is 20.8 Å². The summed E-state index contributed by atoms with van der Waals surface area (Å²) in [5.41, 5.74) is 0. The molecule has 0 heterocycles. The van der Waals surface area contributed by atoms with Gasteiger partial charge in [-0.1, -0.05) is 78.6 Å². The van der Waals surface area contributed by atoms with E-state index < -0.39 is 0 Å². The average molecular weight is 228 g/mol. The van der Waals surface area contributed by atoms with Crippen molar-refractivity contribution in [1.82, 2.24) is 0 Å². The summed E-state index contributed by atoms with van der Waals surface area (Å²) in [6.07, 6.45) is 13.2. The summed E-state index contributed by atoms with van der Waals surface area (Å²) < 4.78 is 0. The number of hydrogen-bond donors (Lipinski definition) is 1. The molecular weight excluding hydrogens is 196 g/mol. The van der Waals surface area contributed by atoms with E-state index in [1.807, 2.05) is 0 Å². The van der Waals surface area contributed by atoms with Gasteiger partial charge in [0, 0.05) is 0 Å². The molecule has 0 radical (unpaired) electrons. The van der Waals surface area contributed by atoms with Crippen molar-refractivity contribution in [1.29, 1.82) is 0 Å². The van der Waals surface area contributed by atoms with Crippen LogP contribution in [0.25, 0.3) is 0 Å². The van der Waals surface area contributed by atoms with Gasteiger partial charge >= 0.3 is 0 Å². The Labute approximate surface area is 103 Å². The quantitative estimate of drug-likeness (QED) is 0.497. The minimum absolute atomic E-state index is 0.0791. The summed E-state index contributed by atoms with van der Waals surface area (Å²) in [5.74, 6) is 0.425. The van der Waals surface area contributed by atoms with Gasteiger partial charge in [0.25, 0.3) is 0 Å². The van der Waals surface area contributed by atoms with Crippen molar-refractivity contribution in [3.05, 3.63) is 0 Å².